The predicted molar refractivity (Wildman–Crippen MR) is 150 cm³/mol. The molecule has 0 radical (unpaired) electrons. The molecule has 0 amide bonds. The average molecular weight is 489 g/mol. The molecule has 3 saturated carbocycles. The Hall–Kier alpha value is -0.530. The van der Waals surface area contributed by atoms with E-state index in [1.165, 1.54) is 173 Å². The molecule has 0 atom stereocenters. The van der Waals surface area contributed by atoms with Gasteiger partial charge in [-0.2, -0.15) is 0 Å². The summed E-state index contributed by atoms with van der Waals surface area (Å²) in [5, 5.41) is 10.5. The third-order valence-corrected chi connectivity index (χ3v) is 10.6. The van der Waals surface area contributed by atoms with Gasteiger partial charge in [-0.25, -0.2) is 0 Å². The van der Waals surface area contributed by atoms with Crippen molar-refractivity contribution >= 4 is 5.97 Å². The lowest BCUT2D eigenvalue weighted by Gasteiger charge is -2.52. The quantitative estimate of drug-likeness (QED) is 0.418. The smallest absolute Gasteiger partial charge is 0.303 e. The summed E-state index contributed by atoms with van der Waals surface area (Å²) in [5.74, 6) is 1.42. The Morgan fingerprint density at radius 3 is 0.829 bits per heavy atom. The first-order valence-electron chi connectivity index (χ1n) is 16.5. The molecular weight excluding hydrogens is 428 g/mol. The second-order valence-electron chi connectivity index (χ2n) is 12.9. The third-order valence-electron chi connectivity index (χ3n) is 10.6. The lowest BCUT2D eigenvalue weighted by molar-refractivity contribution is -0.147. The Bertz CT molecular complexity index is 461. The number of carboxylic acid groups (broad SMARTS) is 1. The van der Waals surface area contributed by atoms with Gasteiger partial charge in [0.15, 0.2) is 0 Å². The summed E-state index contributed by atoms with van der Waals surface area (Å²) in [6, 6.07) is 0. The Kier molecular flexibility index (Phi) is 14.2. The van der Waals surface area contributed by atoms with E-state index >= 15 is 0 Å². The largest absolute Gasteiger partial charge is 0.481 e. The summed E-state index contributed by atoms with van der Waals surface area (Å²) in [4.78, 5) is 12.8. The number of rotatable bonds is 5. The highest BCUT2D eigenvalue weighted by molar-refractivity contribution is 5.68. The minimum Gasteiger partial charge on any atom is -0.481 e. The maximum absolute atomic E-state index is 12.8. The van der Waals surface area contributed by atoms with Gasteiger partial charge in [0.25, 0.3) is 0 Å². The van der Waals surface area contributed by atoms with Gasteiger partial charge < -0.3 is 5.11 Å². The Labute approximate surface area is 218 Å². The molecule has 3 rings (SSSR count). The van der Waals surface area contributed by atoms with Gasteiger partial charge in [0.1, 0.15) is 0 Å². The van der Waals surface area contributed by atoms with Crippen LogP contribution in [0.2, 0.25) is 0 Å². The molecule has 2 nitrogen and oxygen atoms in total. The number of aliphatic carboxylic acids is 1. The van der Waals surface area contributed by atoms with Crippen LogP contribution in [0.1, 0.15) is 180 Å². The van der Waals surface area contributed by atoms with E-state index in [9.17, 15) is 9.90 Å². The van der Waals surface area contributed by atoms with E-state index in [-0.39, 0.29) is 5.41 Å². The summed E-state index contributed by atoms with van der Waals surface area (Å²) in [6.45, 7) is 0. The highest BCUT2D eigenvalue weighted by Gasteiger charge is 2.50. The molecule has 3 fully saturated rings. The number of carboxylic acids is 1. The molecule has 3 aliphatic rings. The first kappa shape index (κ1) is 29.0. The standard InChI is InChI=1S/C33H60O2/c34-32(35)28-33(29-22-16-10-4-1-5-11-17-23-29,30-24-18-12-6-2-7-13-19-25-30)31-26-20-14-8-3-9-15-21-27-31/h29-31H,1-28H2,(H,34,35). The van der Waals surface area contributed by atoms with Crippen LogP contribution in [-0.4, -0.2) is 11.1 Å². The van der Waals surface area contributed by atoms with Crippen molar-refractivity contribution in [2.45, 2.75) is 180 Å². The van der Waals surface area contributed by atoms with E-state index in [1.54, 1.807) is 0 Å². The zero-order valence-electron chi connectivity index (χ0n) is 23.4. The molecule has 204 valence electrons. The topological polar surface area (TPSA) is 37.3 Å². The van der Waals surface area contributed by atoms with Gasteiger partial charge in [0.05, 0.1) is 6.42 Å². The predicted octanol–water partition coefficient (Wildman–Crippen LogP) is 10.9. The molecular formula is C33H60O2. The van der Waals surface area contributed by atoms with Crippen molar-refractivity contribution in [3.8, 4) is 0 Å². The summed E-state index contributed by atoms with van der Waals surface area (Å²) < 4.78 is 0. The molecule has 0 aromatic carbocycles. The molecule has 2 heteroatoms. The maximum atomic E-state index is 12.8. The summed E-state index contributed by atoms with van der Waals surface area (Å²) in [6.07, 6.45) is 37.2. The SMILES string of the molecule is O=C(O)CC(C1CCCCCCCCC1)(C1CCCCCCCCC1)C1CCCCCCCCC1. The molecule has 0 saturated heterocycles. The second kappa shape index (κ2) is 17.1. The first-order valence-corrected chi connectivity index (χ1v) is 16.5. The van der Waals surface area contributed by atoms with Crippen molar-refractivity contribution in [1.29, 1.82) is 0 Å². The van der Waals surface area contributed by atoms with Crippen molar-refractivity contribution < 1.29 is 9.90 Å². The van der Waals surface area contributed by atoms with Crippen LogP contribution < -0.4 is 0 Å². The van der Waals surface area contributed by atoms with Gasteiger partial charge in [-0.3, -0.25) is 4.79 Å². The normalized spacial score (nSPS) is 25.5. The molecule has 35 heavy (non-hydrogen) atoms. The van der Waals surface area contributed by atoms with E-state index in [4.69, 9.17) is 0 Å². The molecule has 0 unspecified atom stereocenters. The fraction of sp³-hybridized carbons (Fsp3) is 0.970. The molecule has 0 aliphatic heterocycles. The van der Waals surface area contributed by atoms with E-state index in [1.807, 2.05) is 0 Å². The van der Waals surface area contributed by atoms with Crippen LogP contribution in [0.25, 0.3) is 0 Å². The number of carbonyl (C=O) groups is 1. The van der Waals surface area contributed by atoms with Crippen molar-refractivity contribution in [3.63, 3.8) is 0 Å². The summed E-state index contributed by atoms with van der Waals surface area (Å²) in [7, 11) is 0. The van der Waals surface area contributed by atoms with Crippen LogP contribution in [-0.2, 0) is 4.79 Å². The van der Waals surface area contributed by atoms with E-state index in [0.717, 1.165) is 0 Å². The Balaban J connectivity index is 1.97. The fourth-order valence-corrected chi connectivity index (χ4v) is 8.74. The van der Waals surface area contributed by atoms with Gasteiger partial charge in [-0.05, 0) is 61.7 Å². The highest BCUT2D eigenvalue weighted by atomic mass is 16.4. The van der Waals surface area contributed by atoms with Gasteiger partial charge in [-0.15, -0.1) is 0 Å². The number of hydrogen-bond donors (Lipinski definition) is 1. The van der Waals surface area contributed by atoms with Crippen LogP contribution in [0.3, 0.4) is 0 Å². The van der Waals surface area contributed by atoms with Crippen molar-refractivity contribution in [3.05, 3.63) is 0 Å². The van der Waals surface area contributed by atoms with Crippen molar-refractivity contribution in [1.82, 2.24) is 0 Å². The fourth-order valence-electron chi connectivity index (χ4n) is 8.74. The van der Waals surface area contributed by atoms with Gasteiger partial charge in [-0.1, -0.05) is 135 Å². The molecule has 3 aliphatic carbocycles. The molecule has 0 aromatic heterocycles. The monoisotopic (exact) mass is 488 g/mol. The van der Waals surface area contributed by atoms with Gasteiger partial charge >= 0.3 is 5.97 Å². The van der Waals surface area contributed by atoms with Crippen molar-refractivity contribution in [2.75, 3.05) is 0 Å². The molecule has 0 heterocycles. The number of hydrogen-bond acceptors (Lipinski definition) is 1. The molecule has 1 N–H and O–H groups in total. The van der Waals surface area contributed by atoms with Crippen LogP contribution in [0.4, 0.5) is 0 Å². The average Bonchev–Trinajstić information content (AvgIpc) is 2.87. The summed E-state index contributed by atoms with van der Waals surface area (Å²) >= 11 is 0. The first-order chi connectivity index (χ1) is 17.2. The second-order valence-corrected chi connectivity index (χ2v) is 12.9. The minimum absolute atomic E-state index is 0.0451. The minimum atomic E-state index is -0.490. The molecule has 0 aromatic rings. The maximum Gasteiger partial charge on any atom is 0.303 e. The van der Waals surface area contributed by atoms with E-state index in [2.05, 4.69) is 0 Å². The Morgan fingerprint density at radius 1 is 0.429 bits per heavy atom. The van der Waals surface area contributed by atoms with Crippen LogP contribution >= 0.6 is 0 Å². The zero-order valence-corrected chi connectivity index (χ0v) is 23.4. The highest BCUT2D eigenvalue weighted by Crippen LogP contribution is 2.56. The lowest BCUT2D eigenvalue weighted by atomic mass is 9.52. The van der Waals surface area contributed by atoms with E-state index in [0.29, 0.717) is 24.2 Å². The molecule has 0 bridgehead atoms. The van der Waals surface area contributed by atoms with E-state index < -0.39 is 5.97 Å². The summed E-state index contributed by atoms with van der Waals surface area (Å²) in [5.41, 5.74) is 0.0451. The van der Waals surface area contributed by atoms with Crippen LogP contribution in [0.15, 0.2) is 0 Å². The Morgan fingerprint density at radius 2 is 0.629 bits per heavy atom. The van der Waals surface area contributed by atoms with Crippen LogP contribution in [0, 0.1) is 23.2 Å². The van der Waals surface area contributed by atoms with Crippen LogP contribution in [0.5, 0.6) is 0 Å². The lowest BCUT2D eigenvalue weighted by Crippen LogP contribution is -2.47. The zero-order chi connectivity index (χ0) is 24.6. The van der Waals surface area contributed by atoms with Gasteiger partial charge in [0, 0.05) is 0 Å². The van der Waals surface area contributed by atoms with Gasteiger partial charge in [0.2, 0.25) is 0 Å². The molecule has 0 spiro atoms. The van der Waals surface area contributed by atoms with Crippen molar-refractivity contribution in [2.24, 2.45) is 23.2 Å². The third kappa shape index (κ3) is 9.70.